The minimum Gasteiger partial charge on any atom is -0.327 e. The quantitative estimate of drug-likeness (QED) is 0.400. The van der Waals surface area contributed by atoms with Gasteiger partial charge in [-0.3, -0.25) is 4.57 Å². The van der Waals surface area contributed by atoms with Crippen molar-refractivity contribution in [2.75, 3.05) is 6.61 Å². The minimum atomic E-state index is -2.05. The normalized spacial score (nSPS) is 12.3. The molecular weight excluding hydrogens is 231 g/mol. The highest BCUT2D eigenvalue weighted by Gasteiger charge is 2.03. The van der Waals surface area contributed by atoms with Gasteiger partial charge in [0, 0.05) is 5.30 Å². The Morgan fingerprint density at radius 3 is 2.59 bits per heavy atom. The molecule has 0 spiro atoms. The molecule has 0 aliphatic heterocycles. The predicted octanol–water partition coefficient (Wildman–Crippen LogP) is 3.72. The molecule has 0 saturated heterocycles. The van der Waals surface area contributed by atoms with Crippen LogP contribution in [0.2, 0.25) is 0 Å². The summed E-state index contributed by atoms with van der Waals surface area (Å²) in [7, 11) is -2.05. The Morgan fingerprint density at radius 1 is 1.29 bits per heavy atom. The van der Waals surface area contributed by atoms with E-state index in [9.17, 15) is 4.57 Å². The SMILES string of the molecule is C=CCc1ccc([PH](=O)OCCCCC)cc1. The first-order valence-electron chi connectivity index (χ1n) is 6.15. The molecule has 3 heteroatoms. The van der Waals surface area contributed by atoms with E-state index in [0.29, 0.717) is 6.61 Å². The summed E-state index contributed by atoms with van der Waals surface area (Å²) in [5.74, 6) is 0. The van der Waals surface area contributed by atoms with Crippen molar-refractivity contribution >= 4 is 13.3 Å². The third-order valence-corrected chi connectivity index (χ3v) is 3.82. The summed E-state index contributed by atoms with van der Waals surface area (Å²) >= 11 is 0. The molecule has 1 unspecified atom stereocenters. The van der Waals surface area contributed by atoms with E-state index in [4.69, 9.17) is 4.52 Å². The second-order valence-corrected chi connectivity index (χ2v) is 5.47. The van der Waals surface area contributed by atoms with Crippen LogP contribution in [0.5, 0.6) is 0 Å². The Bertz CT molecular complexity index is 357. The predicted molar refractivity (Wildman–Crippen MR) is 74.5 cm³/mol. The van der Waals surface area contributed by atoms with Gasteiger partial charge in [-0.1, -0.05) is 38.0 Å². The fraction of sp³-hybridized carbons (Fsp3) is 0.429. The molecule has 1 atom stereocenters. The van der Waals surface area contributed by atoms with E-state index >= 15 is 0 Å². The fourth-order valence-electron chi connectivity index (χ4n) is 1.54. The van der Waals surface area contributed by atoms with Crippen LogP contribution in [0.4, 0.5) is 0 Å². The summed E-state index contributed by atoms with van der Waals surface area (Å²) in [6, 6.07) is 7.74. The van der Waals surface area contributed by atoms with Crippen LogP contribution in [0.25, 0.3) is 0 Å². The number of unbranched alkanes of at least 4 members (excludes halogenated alkanes) is 2. The molecule has 1 aromatic carbocycles. The molecule has 0 aliphatic rings. The van der Waals surface area contributed by atoms with E-state index in [1.54, 1.807) is 0 Å². The van der Waals surface area contributed by atoms with Gasteiger partial charge in [-0.05, 0) is 30.5 Å². The first-order chi connectivity index (χ1) is 8.27. The zero-order valence-corrected chi connectivity index (χ0v) is 11.4. The van der Waals surface area contributed by atoms with Crippen LogP contribution in [0, 0.1) is 0 Å². The highest BCUT2D eigenvalue weighted by atomic mass is 31.1. The van der Waals surface area contributed by atoms with Crippen molar-refractivity contribution < 1.29 is 9.09 Å². The molecule has 0 amide bonds. The summed E-state index contributed by atoms with van der Waals surface area (Å²) in [6.45, 7) is 6.43. The summed E-state index contributed by atoms with van der Waals surface area (Å²) in [6.07, 6.45) is 5.98. The minimum absolute atomic E-state index is 0.597. The highest BCUT2D eigenvalue weighted by Crippen LogP contribution is 2.22. The van der Waals surface area contributed by atoms with Crippen molar-refractivity contribution in [3.63, 3.8) is 0 Å². The lowest BCUT2D eigenvalue weighted by Gasteiger charge is -2.05. The molecular formula is C14H21O2P. The van der Waals surface area contributed by atoms with E-state index in [-0.39, 0.29) is 0 Å². The molecule has 0 radical (unpaired) electrons. The largest absolute Gasteiger partial charge is 0.327 e. The molecule has 1 aromatic rings. The van der Waals surface area contributed by atoms with Crippen molar-refractivity contribution in [1.29, 1.82) is 0 Å². The topological polar surface area (TPSA) is 26.3 Å². The number of benzene rings is 1. The van der Waals surface area contributed by atoms with Crippen LogP contribution < -0.4 is 5.30 Å². The summed E-state index contributed by atoms with van der Waals surface area (Å²) in [5.41, 5.74) is 1.18. The van der Waals surface area contributed by atoms with Crippen molar-refractivity contribution in [3.05, 3.63) is 42.5 Å². The summed E-state index contributed by atoms with van der Waals surface area (Å²) < 4.78 is 17.2. The van der Waals surface area contributed by atoms with Crippen LogP contribution >= 0.6 is 8.03 Å². The van der Waals surface area contributed by atoms with Gasteiger partial charge in [0.2, 0.25) is 8.03 Å². The molecule has 0 fully saturated rings. The fourth-order valence-corrected chi connectivity index (χ4v) is 2.48. The van der Waals surface area contributed by atoms with Gasteiger partial charge in [-0.25, -0.2) is 0 Å². The first kappa shape index (κ1) is 14.2. The van der Waals surface area contributed by atoms with Crippen molar-refractivity contribution in [2.24, 2.45) is 0 Å². The standard InChI is InChI=1S/C14H21O2P/c1-3-5-6-12-16-17(15)14-10-8-13(7-4-2)9-11-14/h4,8-11,17H,2-3,5-7,12H2,1H3. The molecule has 0 aromatic heterocycles. The molecule has 0 aliphatic carbocycles. The van der Waals surface area contributed by atoms with Gasteiger partial charge in [-0.15, -0.1) is 6.58 Å². The molecule has 17 heavy (non-hydrogen) atoms. The lowest BCUT2D eigenvalue weighted by Crippen LogP contribution is -1.99. The van der Waals surface area contributed by atoms with Gasteiger partial charge in [0.15, 0.2) is 0 Å². The third kappa shape index (κ3) is 5.34. The van der Waals surface area contributed by atoms with Crippen LogP contribution in [-0.2, 0) is 15.5 Å². The molecule has 1 rings (SSSR count). The van der Waals surface area contributed by atoms with E-state index in [1.807, 2.05) is 30.3 Å². The van der Waals surface area contributed by atoms with E-state index in [1.165, 1.54) is 5.56 Å². The van der Waals surface area contributed by atoms with Crippen LogP contribution in [0.15, 0.2) is 36.9 Å². The second-order valence-electron chi connectivity index (χ2n) is 4.03. The maximum absolute atomic E-state index is 11.8. The zero-order chi connectivity index (χ0) is 12.5. The molecule has 2 nitrogen and oxygen atoms in total. The zero-order valence-electron chi connectivity index (χ0n) is 10.4. The van der Waals surface area contributed by atoms with Gasteiger partial charge >= 0.3 is 0 Å². The number of hydrogen-bond acceptors (Lipinski definition) is 2. The Morgan fingerprint density at radius 2 is 2.00 bits per heavy atom. The van der Waals surface area contributed by atoms with Crippen LogP contribution in [-0.4, -0.2) is 6.61 Å². The maximum Gasteiger partial charge on any atom is 0.220 e. The Balaban J connectivity index is 2.43. The van der Waals surface area contributed by atoms with Crippen LogP contribution in [0.3, 0.4) is 0 Å². The van der Waals surface area contributed by atoms with E-state index in [2.05, 4.69) is 13.5 Å². The van der Waals surface area contributed by atoms with E-state index < -0.39 is 8.03 Å². The third-order valence-electron chi connectivity index (χ3n) is 2.55. The lowest BCUT2D eigenvalue weighted by molar-refractivity contribution is 0.323. The van der Waals surface area contributed by atoms with Gasteiger partial charge < -0.3 is 4.52 Å². The average Bonchev–Trinajstić information content (AvgIpc) is 2.36. The first-order valence-corrected chi connectivity index (χ1v) is 7.46. The maximum atomic E-state index is 11.8. The molecule has 0 saturated carbocycles. The molecule has 94 valence electrons. The van der Waals surface area contributed by atoms with Gasteiger partial charge in [0.05, 0.1) is 6.61 Å². The Labute approximate surface area is 105 Å². The van der Waals surface area contributed by atoms with Crippen molar-refractivity contribution in [2.45, 2.75) is 32.6 Å². The Kier molecular flexibility index (Phi) is 6.91. The van der Waals surface area contributed by atoms with Gasteiger partial charge in [-0.2, -0.15) is 0 Å². The Hall–Kier alpha value is -0.850. The molecule has 0 bridgehead atoms. The van der Waals surface area contributed by atoms with E-state index in [0.717, 1.165) is 31.0 Å². The second kappa shape index (κ2) is 8.27. The molecule has 0 heterocycles. The summed E-state index contributed by atoms with van der Waals surface area (Å²) in [5, 5.41) is 0.805. The summed E-state index contributed by atoms with van der Waals surface area (Å²) in [4.78, 5) is 0. The lowest BCUT2D eigenvalue weighted by atomic mass is 10.2. The monoisotopic (exact) mass is 252 g/mol. The highest BCUT2D eigenvalue weighted by molar-refractivity contribution is 7.48. The van der Waals surface area contributed by atoms with Crippen LogP contribution in [0.1, 0.15) is 31.7 Å². The smallest absolute Gasteiger partial charge is 0.220 e. The average molecular weight is 252 g/mol. The van der Waals surface area contributed by atoms with Gasteiger partial charge in [0.1, 0.15) is 0 Å². The van der Waals surface area contributed by atoms with Crippen molar-refractivity contribution in [3.8, 4) is 0 Å². The number of rotatable bonds is 8. The molecule has 0 N–H and O–H groups in total. The van der Waals surface area contributed by atoms with Gasteiger partial charge in [0.25, 0.3) is 0 Å². The number of allylic oxidation sites excluding steroid dienone is 1. The number of hydrogen-bond donors (Lipinski definition) is 0. The van der Waals surface area contributed by atoms with Crippen molar-refractivity contribution in [1.82, 2.24) is 0 Å².